The molecule has 0 aromatic carbocycles. The van der Waals surface area contributed by atoms with Gasteiger partial charge in [0.25, 0.3) is 0 Å². The van der Waals surface area contributed by atoms with Gasteiger partial charge in [0.05, 0.1) is 16.9 Å². The summed E-state index contributed by atoms with van der Waals surface area (Å²) in [6.07, 6.45) is 62.7. The monoisotopic (exact) mass is 1590 g/mol. The van der Waals surface area contributed by atoms with Crippen molar-refractivity contribution in [2.24, 2.45) is 170 Å². The molecule has 5 spiro atoms. The van der Waals surface area contributed by atoms with Gasteiger partial charge in [-0.3, -0.25) is 9.59 Å². The van der Waals surface area contributed by atoms with Gasteiger partial charge in [-0.1, -0.05) is 168 Å². The van der Waals surface area contributed by atoms with Crippen LogP contribution < -0.4 is 0 Å². The minimum atomic E-state index is -0.552. The van der Waals surface area contributed by atoms with E-state index >= 15 is 0 Å². The first kappa shape index (κ1) is 85.5. The molecule has 10 bridgehead atoms. The first-order valence-electron chi connectivity index (χ1n) is 47.6. The molecule has 113 heavy (non-hydrogen) atoms. The Hall–Kier alpha value is -2.51. The van der Waals surface area contributed by atoms with E-state index in [9.17, 15) is 29.7 Å². The quantitative estimate of drug-likeness (QED) is 0.101. The Labute approximate surface area is 698 Å². The van der Waals surface area contributed by atoms with Crippen LogP contribution in [0.3, 0.4) is 0 Å². The minimum Gasteiger partial charge on any atom is -0.481 e. The smallest absolute Gasteiger partial charge is 0.309 e. The molecule has 0 aliphatic heterocycles. The molecule has 0 aromatic heterocycles. The Morgan fingerprint density at radius 3 is 1.03 bits per heavy atom. The number of aliphatic hydroxyl groups excluding tert-OH is 2. The average Bonchev–Trinajstić information content (AvgIpc) is 1.69. The van der Waals surface area contributed by atoms with Crippen LogP contribution in [0, 0.1) is 170 Å². The van der Waals surface area contributed by atoms with Crippen LogP contribution in [0.5, 0.6) is 0 Å². The number of fused-ring (bicyclic) bond motifs is 15. The number of carbonyl (C=O) groups excluding carboxylic acids is 2. The van der Waals surface area contributed by atoms with Crippen LogP contribution in [0.2, 0.25) is 0 Å². The fourth-order valence-electron chi connectivity index (χ4n) is 38.7. The lowest BCUT2D eigenvalue weighted by atomic mass is 9.40. The van der Waals surface area contributed by atoms with Gasteiger partial charge < -0.3 is 20.1 Å². The van der Waals surface area contributed by atoms with Gasteiger partial charge in [0, 0.05) is 22.9 Å². The maximum Gasteiger partial charge on any atom is 0.309 e. The van der Waals surface area contributed by atoms with E-state index < -0.39 is 11.4 Å². The zero-order valence-corrected chi connectivity index (χ0v) is 75.0. The van der Waals surface area contributed by atoms with Crippen LogP contribution in [0.4, 0.5) is 0 Å². The molecule has 0 saturated heterocycles. The molecular weight excluding hydrogens is 1430 g/mol. The minimum absolute atomic E-state index is 0.0306. The molecule has 0 aromatic rings. The van der Waals surface area contributed by atoms with Crippen LogP contribution in [-0.4, -0.2) is 51.4 Å². The fourth-order valence-corrected chi connectivity index (χ4v) is 38.7. The molecule has 20 aliphatic carbocycles. The van der Waals surface area contributed by atoms with Gasteiger partial charge in [0.2, 0.25) is 0 Å². The van der Waals surface area contributed by atoms with Gasteiger partial charge in [-0.05, 0) is 418 Å². The van der Waals surface area contributed by atoms with Gasteiger partial charge >= 0.3 is 5.97 Å². The van der Waals surface area contributed by atoms with Crippen LogP contribution in [-0.2, 0) is 14.4 Å². The predicted octanol–water partition coefficient (Wildman–Crippen LogP) is 27.8. The average molecular weight is 1590 g/mol. The highest BCUT2D eigenvalue weighted by molar-refractivity contribution is 6.40. The summed E-state index contributed by atoms with van der Waals surface area (Å²) in [6, 6.07) is 0. The van der Waals surface area contributed by atoms with Gasteiger partial charge in [0.15, 0.2) is 5.78 Å². The Bertz CT molecular complexity index is 3730. The first-order chi connectivity index (χ1) is 53.3. The molecule has 6 nitrogen and oxygen atoms in total. The van der Waals surface area contributed by atoms with Crippen molar-refractivity contribution < 1.29 is 29.7 Å². The zero-order chi connectivity index (χ0) is 81.1. The second-order valence-electron chi connectivity index (χ2n) is 47.8. The number of alkyl halides is 2. The van der Waals surface area contributed by atoms with E-state index in [0.29, 0.717) is 84.8 Å². The van der Waals surface area contributed by atoms with Gasteiger partial charge in [-0.15, -0.1) is 29.8 Å². The summed E-state index contributed by atoms with van der Waals surface area (Å²) in [5, 5.41) is 30.9. The maximum atomic E-state index is 12.7. The number of carbonyl (C=O) groups is 3. The van der Waals surface area contributed by atoms with E-state index in [1.54, 1.807) is 28.9 Å². The van der Waals surface area contributed by atoms with E-state index in [0.717, 1.165) is 104 Å². The summed E-state index contributed by atoms with van der Waals surface area (Å²) < 4.78 is 0. The van der Waals surface area contributed by atoms with Crippen LogP contribution in [0.1, 0.15) is 358 Å². The predicted molar refractivity (Wildman–Crippen MR) is 468 cm³/mol. The highest BCUT2D eigenvalue weighted by Crippen LogP contribution is 2.79. The topological polar surface area (TPSA) is 112 Å². The third-order valence-electron chi connectivity index (χ3n) is 43.3. The maximum absolute atomic E-state index is 12.7. The van der Waals surface area contributed by atoms with Crippen LogP contribution >= 0.6 is 23.2 Å². The van der Waals surface area contributed by atoms with Crippen molar-refractivity contribution in [3.8, 4) is 0 Å². The Morgan fingerprint density at radius 1 is 0.389 bits per heavy atom. The lowest BCUT2D eigenvalue weighted by Gasteiger charge is -2.65. The lowest BCUT2D eigenvalue weighted by molar-refractivity contribution is -0.181. The summed E-state index contributed by atoms with van der Waals surface area (Å²) in [7, 11) is 0. The second kappa shape index (κ2) is 30.2. The SMILES string of the molecule is C=C1C[C@@]23CCC4[C@@](C)(CCC[C@@]4(C)C(=O)O)C2CCC1C3.C=C1C[C@@]23CCC4[C@@](C)(CCC[C@@]4(C)C=O)C2CCC1C3.C=C1C[C@@]23CCC4[C@](C)(CO)CCC[C@@]4(C)C2CCC1C3.C=CC(=O)[C@]1(C)CCC[C@@]2(C)C3CCC4C[C@@]3(CCC21)CC4=C.C=CC(O)[C@]1(C)CCC[C@@]2(C)C3CCC4C[C@@]3(CCC12)CC4=C.ClCCl. The van der Waals surface area contributed by atoms with E-state index in [1.165, 1.54) is 268 Å². The summed E-state index contributed by atoms with van der Waals surface area (Å²) in [4.78, 5) is 36.6. The van der Waals surface area contributed by atoms with E-state index in [1.807, 2.05) is 6.92 Å². The molecule has 20 aliphatic rings. The van der Waals surface area contributed by atoms with E-state index in [2.05, 4.69) is 108 Å². The van der Waals surface area contributed by atoms with Crippen molar-refractivity contribution in [1.29, 1.82) is 0 Å². The fraction of sp³-hybridized carbons (Fsp3) is 0.838. The number of allylic oxidation sites excluding steroid dienone is 6. The molecule has 16 unspecified atom stereocenters. The molecule has 630 valence electrons. The highest BCUT2D eigenvalue weighted by Gasteiger charge is 2.71. The molecule has 20 fully saturated rings. The summed E-state index contributed by atoms with van der Waals surface area (Å²) >= 11 is 9.53. The van der Waals surface area contributed by atoms with Crippen LogP contribution in [0.15, 0.2) is 86.1 Å². The molecule has 8 heteroatoms. The van der Waals surface area contributed by atoms with Crippen molar-refractivity contribution >= 4 is 41.2 Å². The Kier molecular flexibility index (Phi) is 22.9. The van der Waals surface area contributed by atoms with Gasteiger partial charge in [0.1, 0.15) is 6.29 Å². The number of aliphatic carboxylic acids is 1. The number of hydrogen-bond donors (Lipinski definition) is 3. The largest absolute Gasteiger partial charge is 0.481 e. The van der Waals surface area contributed by atoms with Crippen molar-refractivity contribution in [2.45, 2.75) is 364 Å². The number of rotatable bonds is 7. The van der Waals surface area contributed by atoms with Crippen LogP contribution in [0.25, 0.3) is 0 Å². The second-order valence-corrected chi connectivity index (χ2v) is 48.6. The van der Waals surface area contributed by atoms with Gasteiger partial charge in [-0.25, -0.2) is 0 Å². The van der Waals surface area contributed by atoms with Crippen molar-refractivity contribution in [3.05, 3.63) is 86.1 Å². The molecular formula is C105H160Cl2O6. The number of halogens is 2. The van der Waals surface area contributed by atoms with E-state index in [4.69, 9.17) is 23.2 Å². The highest BCUT2D eigenvalue weighted by atomic mass is 35.5. The Balaban J connectivity index is 0.000000111. The number of carboxylic acids is 1. The molecule has 20 saturated carbocycles. The first-order valence-corrected chi connectivity index (χ1v) is 48.7. The number of hydrogen-bond acceptors (Lipinski definition) is 5. The Morgan fingerprint density at radius 2 is 0.681 bits per heavy atom. The number of ketones is 1. The molecule has 0 amide bonds. The molecule has 0 radical (unpaired) electrons. The third-order valence-corrected chi connectivity index (χ3v) is 43.3. The summed E-state index contributed by atoms with van der Waals surface area (Å²) in [5.74, 6) is 10.9. The third kappa shape index (κ3) is 13.1. The van der Waals surface area contributed by atoms with Gasteiger partial charge in [-0.2, -0.15) is 0 Å². The number of carboxylic acid groups (broad SMARTS) is 1. The number of aliphatic hydroxyl groups is 2. The molecule has 31 atom stereocenters. The summed E-state index contributed by atoms with van der Waals surface area (Å²) in [5.41, 5.74) is 11.8. The molecule has 0 heterocycles. The van der Waals surface area contributed by atoms with E-state index in [-0.39, 0.29) is 38.5 Å². The lowest BCUT2D eigenvalue weighted by Crippen LogP contribution is -2.58. The molecule has 3 N–H and O–H groups in total. The normalized spacial score (nSPS) is 52.8. The van der Waals surface area contributed by atoms with Crippen molar-refractivity contribution in [1.82, 2.24) is 0 Å². The van der Waals surface area contributed by atoms with Crippen molar-refractivity contribution in [3.63, 3.8) is 0 Å². The zero-order valence-electron chi connectivity index (χ0n) is 73.5. The number of aldehydes is 1. The summed E-state index contributed by atoms with van der Waals surface area (Å²) in [6.45, 7) is 54.1. The molecule has 20 rings (SSSR count). The van der Waals surface area contributed by atoms with Crippen molar-refractivity contribution in [2.75, 3.05) is 11.9 Å². The standard InChI is InChI=1S/C22H34O.C22H32O.C20H30O2.C20H32O.C20H30O.CH2Cl2/c2*1-5-19(23)21(4)11-6-10-20(3)17(21)9-12-22-13-15(2)16(14-22)7-8-18(20)22;1-13-11-20-10-7-15-18(2,16(20)6-5-14(13)12-20)8-4-9-19(15,3)17(21)22;2*1-14-11-20-10-7-16-18(2,13-21)8-4-9-19(16,3)17(20)6-5-15(14)12-20;2-1-3/h5,16-19,23H,1-2,6-14H2,3-4H3;5,16-18H,1-2,6-14H2,3-4H3;14-16H,1,4-12H2,2-3H3,(H,21,22);15-17,21H,1,4-13H2,2-3H3;13,15-17H,1,4-12H2,2-3H3;1H2/t16?,17?,18?,19?,20-,21-,22-;16?,17?,18?,20-,21-,22-;14?,15?,16?,18-,19-,20-;2*15?,16?,17?,18-,19+,20+;/m11100./s1.